The summed E-state index contributed by atoms with van der Waals surface area (Å²) < 4.78 is 0. The lowest BCUT2D eigenvalue weighted by Gasteiger charge is -2.32. The molecular weight excluding hydrogens is 198 g/mol. The molecular formula is C14H23NO. The van der Waals surface area contributed by atoms with E-state index >= 15 is 0 Å². The fourth-order valence-corrected chi connectivity index (χ4v) is 1.82. The molecule has 1 rings (SSSR count). The Morgan fingerprint density at radius 1 is 1.38 bits per heavy atom. The summed E-state index contributed by atoms with van der Waals surface area (Å²) in [6.45, 7) is 8.55. The van der Waals surface area contributed by atoms with E-state index in [0.717, 1.165) is 6.42 Å². The monoisotopic (exact) mass is 221 g/mol. The molecule has 0 amide bonds. The average Bonchev–Trinajstić information content (AvgIpc) is 2.23. The van der Waals surface area contributed by atoms with E-state index in [1.807, 2.05) is 13.8 Å². The van der Waals surface area contributed by atoms with Gasteiger partial charge in [-0.3, -0.25) is 0 Å². The second kappa shape index (κ2) is 4.98. The SMILES string of the molecule is Cc1ccc(C)c(CC(C)(CN)C(C)O)c1. The molecule has 0 heterocycles. The highest BCUT2D eigenvalue weighted by molar-refractivity contribution is 5.31. The highest BCUT2D eigenvalue weighted by atomic mass is 16.3. The van der Waals surface area contributed by atoms with Crippen molar-refractivity contribution >= 4 is 0 Å². The highest BCUT2D eigenvalue weighted by Crippen LogP contribution is 2.27. The molecule has 2 atom stereocenters. The lowest BCUT2D eigenvalue weighted by Crippen LogP contribution is -2.39. The van der Waals surface area contributed by atoms with Gasteiger partial charge < -0.3 is 10.8 Å². The predicted octanol–water partition coefficient (Wildman–Crippen LogP) is 2.19. The molecule has 2 nitrogen and oxygen atoms in total. The van der Waals surface area contributed by atoms with Crippen LogP contribution in [0.15, 0.2) is 18.2 Å². The van der Waals surface area contributed by atoms with Crippen molar-refractivity contribution in [1.29, 1.82) is 0 Å². The van der Waals surface area contributed by atoms with Crippen LogP contribution < -0.4 is 5.73 Å². The van der Waals surface area contributed by atoms with E-state index in [0.29, 0.717) is 6.54 Å². The lowest BCUT2D eigenvalue weighted by molar-refractivity contribution is 0.0588. The normalized spacial score (nSPS) is 16.9. The quantitative estimate of drug-likeness (QED) is 0.818. The summed E-state index contributed by atoms with van der Waals surface area (Å²) in [5.74, 6) is 0. The molecule has 3 N–H and O–H groups in total. The standard InChI is InChI=1S/C14H23NO/c1-10-5-6-11(2)13(7-10)8-14(4,9-15)12(3)16/h5-7,12,16H,8-9,15H2,1-4H3. The van der Waals surface area contributed by atoms with Crippen LogP contribution in [0, 0.1) is 19.3 Å². The van der Waals surface area contributed by atoms with Crippen LogP contribution in [0.3, 0.4) is 0 Å². The van der Waals surface area contributed by atoms with Crippen LogP contribution in [-0.4, -0.2) is 17.8 Å². The van der Waals surface area contributed by atoms with Gasteiger partial charge in [0, 0.05) is 12.0 Å². The van der Waals surface area contributed by atoms with Gasteiger partial charge in [-0.2, -0.15) is 0 Å². The Labute approximate surface area is 98.5 Å². The zero-order chi connectivity index (χ0) is 12.3. The Morgan fingerprint density at radius 2 is 2.00 bits per heavy atom. The molecule has 2 heteroatoms. The molecule has 0 aromatic heterocycles. The van der Waals surface area contributed by atoms with Crippen LogP contribution in [0.25, 0.3) is 0 Å². The highest BCUT2D eigenvalue weighted by Gasteiger charge is 2.29. The van der Waals surface area contributed by atoms with Gasteiger partial charge in [0.25, 0.3) is 0 Å². The molecule has 90 valence electrons. The fourth-order valence-electron chi connectivity index (χ4n) is 1.82. The van der Waals surface area contributed by atoms with E-state index in [1.165, 1.54) is 16.7 Å². The second-order valence-corrected chi connectivity index (χ2v) is 5.14. The maximum Gasteiger partial charge on any atom is 0.0580 e. The van der Waals surface area contributed by atoms with Gasteiger partial charge in [-0.15, -0.1) is 0 Å². The Morgan fingerprint density at radius 3 is 2.50 bits per heavy atom. The summed E-state index contributed by atoms with van der Waals surface area (Å²) in [7, 11) is 0. The lowest BCUT2D eigenvalue weighted by atomic mass is 9.78. The van der Waals surface area contributed by atoms with E-state index in [2.05, 4.69) is 32.0 Å². The minimum Gasteiger partial charge on any atom is -0.393 e. The number of nitrogens with two attached hydrogens (primary N) is 1. The third-order valence-electron chi connectivity index (χ3n) is 3.57. The van der Waals surface area contributed by atoms with Crippen molar-refractivity contribution in [3.63, 3.8) is 0 Å². The predicted molar refractivity (Wildman–Crippen MR) is 68.5 cm³/mol. The van der Waals surface area contributed by atoms with Crippen molar-refractivity contribution in [2.45, 2.75) is 40.2 Å². The molecule has 0 bridgehead atoms. The first-order chi connectivity index (χ1) is 7.39. The Balaban J connectivity index is 2.98. The van der Waals surface area contributed by atoms with Crippen molar-refractivity contribution in [3.05, 3.63) is 34.9 Å². The zero-order valence-corrected chi connectivity index (χ0v) is 10.7. The van der Waals surface area contributed by atoms with Crippen molar-refractivity contribution in [3.8, 4) is 0 Å². The summed E-state index contributed by atoms with van der Waals surface area (Å²) in [6.07, 6.45) is 0.437. The minimum atomic E-state index is -0.391. The molecule has 0 aliphatic heterocycles. The van der Waals surface area contributed by atoms with Crippen molar-refractivity contribution in [2.24, 2.45) is 11.1 Å². The summed E-state index contributed by atoms with van der Waals surface area (Å²) in [5.41, 5.74) is 9.36. The van der Waals surface area contributed by atoms with E-state index in [-0.39, 0.29) is 5.41 Å². The summed E-state index contributed by atoms with van der Waals surface area (Å²) >= 11 is 0. The van der Waals surface area contributed by atoms with Gasteiger partial charge in [-0.1, -0.05) is 30.7 Å². The van der Waals surface area contributed by atoms with Gasteiger partial charge in [0.05, 0.1) is 6.10 Å². The van der Waals surface area contributed by atoms with Crippen LogP contribution >= 0.6 is 0 Å². The molecule has 0 spiro atoms. The van der Waals surface area contributed by atoms with Gasteiger partial charge >= 0.3 is 0 Å². The first kappa shape index (κ1) is 13.2. The molecule has 0 aliphatic carbocycles. The molecule has 0 saturated heterocycles. The number of aliphatic hydroxyl groups is 1. The first-order valence-electron chi connectivity index (χ1n) is 5.83. The fraction of sp³-hybridized carbons (Fsp3) is 0.571. The molecule has 0 radical (unpaired) electrons. The molecule has 1 aromatic carbocycles. The van der Waals surface area contributed by atoms with Gasteiger partial charge in [-0.05, 0) is 38.3 Å². The van der Waals surface area contributed by atoms with Gasteiger partial charge in [-0.25, -0.2) is 0 Å². The molecule has 0 aliphatic rings. The Kier molecular flexibility index (Phi) is 4.11. The second-order valence-electron chi connectivity index (χ2n) is 5.14. The van der Waals surface area contributed by atoms with Crippen molar-refractivity contribution in [2.75, 3.05) is 6.54 Å². The largest absolute Gasteiger partial charge is 0.393 e. The summed E-state index contributed by atoms with van der Waals surface area (Å²) in [5, 5.41) is 9.81. The number of hydrogen-bond acceptors (Lipinski definition) is 2. The van der Waals surface area contributed by atoms with E-state index in [9.17, 15) is 5.11 Å². The van der Waals surface area contributed by atoms with E-state index in [4.69, 9.17) is 5.73 Å². The molecule has 0 saturated carbocycles. The maximum absolute atomic E-state index is 9.81. The molecule has 2 unspecified atom stereocenters. The van der Waals surface area contributed by atoms with E-state index < -0.39 is 6.10 Å². The van der Waals surface area contributed by atoms with Crippen molar-refractivity contribution < 1.29 is 5.11 Å². The van der Waals surface area contributed by atoms with Crippen LogP contribution in [0.2, 0.25) is 0 Å². The third kappa shape index (κ3) is 2.83. The maximum atomic E-state index is 9.81. The topological polar surface area (TPSA) is 46.2 Å². The van der Waals surface area contributed by atoms with Crippen LogP contribution in [-0.2, 0) is 6.42 Å². The summed E-state index contributed by atoms with van der Waals surface area (Å²) in [6, 6.07) is 6.43. The third-order valence-corrected chi connectivity index (χ3v) is 3.57. The zero-order valence-electron chi connectivity index (χ0n) is 10.7. The first-order valence-corrected chi connectivity index (χ1v) is 5.83. The Hall–Kier alpha value is -0.860. The number of aliphatic hydroxyl groups excluding tert-OH is 1. The van der Waals surface area contributed by atoms with Crippen LogP contribution in [0.5, 0.6) is 0 Å². The number of rotatable bonds is 4. The van der Waals surface area contributed by atoms with Crippen LogP contribution in [0.1, 0.15) is 30.5 Å². The van der Waals surface area contributed by atoms with Crippen LogP contribution in [0.4, 0.5) is 0 Å². The van der Waals surface area contributed by atoms with Gasteiger partial charge in [0.2, 0.25) is 0 Å². The number of aryl methyl sites for hydroxylation is 2. The average molecular weight is 221 g/mol. The molecule has 0 fully saturated rings. The Bertz CT molecular complexity index is 360. The summed E-state index contributed by atoms with van der Waals surface area (Å²) in [4.78, 5) is 0. The van der Waals surface area contributed by atoms with E-state index in [1.54, 1.807) is 0 Å². The van der Waals surface area contributed by atoms with Gasteiger partial charge in [0.15, 0.2) is 0 Å². The molecule has 16 heavy (non-hydrogen) atoms. The van der Waals surface area contributed by atoms with Gasteiger partial charge in [0.1, 0.15) is 0 Å². The number of benzene rings is 1. The minimum absolute atomic E-state index is 0.238. The molecule has 1 aromatic rings. The van der Waals surface area contributed by atoms with Crippen molar-refractivity contribution in [1.82, 2.24) is 0 Å². The number of hydrogen-bond donors (Lipinski definition) is 2. The smallest absolute Gasteiger partial charge is 0.0580 e.